The molecule has 19 heavy (non-hydrogen) atoms. The summed E-state index contributed by atoms with van der Waals surface area (Å²) in [6.45, 7) is 1.99. The van der Waals surface area contributed by atoms with E-state index in [0.717, 1.165) is 16.8 Å². The van der Waals surface area contributed by atoms with Crippen molar-refractivity contribution < 1.29 is 9.53 Å². The van der Waals surface area contributed by atoms with Crippen LogP contribution >= 0.6 is 0 Å². The third kappa shape index (κ3) is 3.10. The van der Waals surface area contributed by atoms with Crippen molar-refractivity contribution in [3.8, 4) is 0 Å². The number of carbonyl (C=O) groups is 1. The predicted octanol–water partition coefficient (Wildman–Crippen LogP) is 2.72. The van der Waals surface area contributed by atoms with Crippen molar-refractivity contribution in [1.82, 2.24) is 4.98 Å². The lowest BCUT2D eigenvalue weighted by Gasteiger charge is -2.19. The van der Waals surface area contributed by atoms with E-state index < -0.39 is 6.04 Å². The van der Waals surface area contributed by atoms with E-state index >= 15 is 0 Å². The first-order valence-electron chi connectivity index (χ1n) is 6.02. The molecule has 0 spiro atoms. The average Bonchev–Trinajstić information content (AvgIpc) is 2.46. The standard InChI is InChI=1S/C15H16N2O2/c1-11-6-3-4-8-13(11)17-14(15(18)19-2)12-7-5-9-16-10-12/h3-10,14,17H,1-2H3. The molecule has 4 nitrogen and oxygen atoms in total. The summed E-state index contributed by atoms with van der Waals surface area (Å²) in [6.07, 6.45) is 3.33. The number of rotatable bonds is 4. The Bertz CT molecular complexity index is 555. The van der Waals surface area contributed by atoms with Gasteiger partial charge in [0.05, 0.1) is 7.11 Å². The zero-order chi connectivity index (χ0) is 13.7. The fourth-order valence-corrected chi connectivity index (χ4v) is 1.83. The van der Waals surface area contributed by atoms with E-state index in [0.29, 0.717) is 0 Å². The van der Waals surface area contributed by atoms with E-state index in [-0.39, 0.29) is 5.97 Å². The van der Waals surface area contributed by atoms with Gasteiger partial charge in [-0.3, -0.25) is 4.98 Å². The number of hydrogen-bond donors (Lipinski definition) is 1. The summed E-state index contributed by atoms with van der Waals surface area (Å²) in [5, 5.41) is 3.20. The summed E-state index contributed by atoms with van der Waals surface area (Å²) < 4.78 is 4.85. The van der Waals surface area contributed by atoms with Crippen LogP contribution in [0.4, 0.5) is 5.69 Å². The highest BCUT2D eigenvalue weighted by atomic mass is 16.5. The molecule has 2 rings (SSSR count). The lowest BCUT2D eigenvalue weighted by Crippen LogP contribution is -2.22. The van der Waals surface area contributed by atoms with Gasteiger partial charge in [-0.25, -0.2) is 4.79 Å². The molecule has 0 radical (unpaired) electrons. The molecule has 0 amide bonds. The molecule has 0 saturated carbocycles. The molecule has 0 aliphatic rings. The number of hydrogen-bond acceptors (Lipinski definition) is 4. The molecular weight excluding hydrogens is 240 g/mol. The third-order valence-electron chi connectivity index (χ3n) is 2.90. The zero-order valence-corrected chi connectivity index (χ0v) is 11.0. The number of ether oxygens (including phenoxy) is 1. The average molecular weight is 256 g/mol. The Balaban J connectivity index is 2.30. The van der Waals surface area contributed by atoms with Gasteiger partial charge in [-0.2, -0.15) is 0 Å². The summed E-state index contributed by atoms with van der Waals surface area (Å²) in [4.78, 5) is 16.0. The maximum Gasteiger partial charge on any atom is 0.333 e. The minimum Gasteiger partial charge on any atom is -0.467 e. The second-order valence-electron chi connectivity index (χ2n) is 4.20. The number of pyridine rings is 1. The van der Waals surface area contributed by atoms with Crippen molar-refractivity contribution in [2.24, 2.45) is 0 Å². The number of benzene rings is 1. The van der Waals surface area contributed by atoms with Crippen LogP contribution in [-0.4, -0.2) is 18.1 Å². The van der Waals surface area contributed by atoms with Gasteiger partial charge in [0.25, 0.3) is 0 Å². The molecule has 98 valence electrons. The van der Waals surface area contributed by atoms with Gasteiger partial charge in [0.1, 0.15) is 0 Å². The number of nitrogens with one attached hydrogen (secondary N) is 1. The van der Waals surface area contributed by atoms with Gasteiger partial charge >= 0.3 is 5.97 Å². The lowest BCUT2D eigenvalue weighted by atomic mass is 10.1. The number of methoxy groups -OCH3 is 1. The maximum absolute atomic E-state index is 11.9. The molecule has 0 aliphatic heterocycles. The van der Waals surface area contributed by atoms with E-state index in [1.54, 1.807) is 18.5 Å². The third-order valence-corrected chi connectivity index (χ3v) is 2.90. The normalized spacial score (nSPS) is 11.7. The van der Waals surface area contributed by atoms with Gasteiger partial charge in [-0.15, -0.1) is 0 Å². The smallest absolute Gasteiger partial charge is 0.333 e. The highest BCUT2D eigenvalue weighted by Crippen LogP contribution is 2.22. The van der Waals surface area contributed by atoms with Crippen LogP contribution in [0.15, 0.2) is 48.8 Å². The highest BCUT2D eigenvalue weighted by molar-refractivity contribution is 5.81. The molecular formula is C15H16N2O2. The van der Waals surface area contributed by atoms with Crippen LogP contribution in [0.1, 0.15) is 17.2 Å². The number of nitrogens with zero attached hydrogens (tertiary/aromatic N) is 1. The van der Waals surface area contributed by atoms with Crippen molar-refractivity contribution in [2.75, 3.05) is 12.4 Å². The van der Waals surface area contributed by atoms with E-state index in [9.17, 15) is 4.79 Å². The monoisotopic (exact) mass is 256 g/mol. The Labute approximate surface area is 112 Å². The lowest BCUT2D eigenvalue weighted by molar-refractivity contribution is -0.141. The van der Waals surface area contributed by atoms with E-state index in [4.69, 9.17) is 4.74 Å². The number of esters is 1. The van der Waals surface area contributed by atoms with E-state index in [1.807, 2.05) is 37.3 Å². The van der Waals surface area contributed by atoms with E-state index in [2.05, 4.69) is 10.3 Å². The van der Waals surface area contributed by atoms with Crippen molar-refractivity contribution in [1.29, 1.82) is 0 Å². The van der Waals surface area contributed by atoms with Gasteiger partial charge in [0, 0.05) is 23.6 Å². The van der Waals surface area contributed by atoms with Crippen molar-refractivity contribution in [2.45, 2.75) is 13.0 Å². The van der Waals surface area contributed by atoms with Gasteiger partial charge in [-0.1, -0.05) is 24.3 Å². The summed E-state index contributed by atoms with van der Waals surface area (Å²) in [5.74, 6) is -0.337. The summed E-state index contributed by atoms with van der Waals surface area (Å²) >= 11 is 0. The van der Waals surface area contributed by atoms with Crippen LogP contribution in [0.5, 0.6) is 0 Å². The van der Waals surface area contributed by atoms with Crippen molar-refractivity contribution >= 4 is 11.7 Å². The van der Waals surface area contributed by atoms with Gasteiger partial charge in [0.15, 0.2) is 6.04 Å². The molecule has 0 bridgehead atoms. The first-order valence-corrected chi connectivity index (χ1v) is 6.02. The molecule has 1 heterocycles. The Morgan fingerprint density at radius 1 is 1.26 bits per heavy atom. The Kier molecular flexibility index (Phi) is 4.13. The fourth-order valence-electron chi connectivity index (χ4n) is 1.83. The molecule has 0 fully saturated rings. The highest BCUT2D eigenvalue weighted by Gasteiger charge is 2.21. The minimum absolute atomic E-state index is 0.337. The predicted molar refractivity (Wildman–Crippen MR) is 73.8 cm³/mol. The fraction of sp³-hybridized carbons (Fsp3) is 0.200. The molecule has 1 atom stereocenters. The van der Waals surface area contributed by atoms with Crippen molar-refractivity contribution in [3.05, 3.63) is 59.9 Å². The first kappa shape index (κ1) is 13.1. The molecule has 1 unspecified atom stereocenters. The number of carbonyl (C=O) groups excluding carboxylic acids is 1. The second kappa shape index (κ2) is 6.00. The number of aromatic nitrogens is 1. The maximum atomic E-state index is 11.9. The second-order valence-corrected chi connectivity index (χ2v) is 4.20. The molecule has 4 heteroatoms. The first-order chi connectivity index (χ1) is 9.22. The minimum atomic E-state index is -0.556. The van der Waals surface area contributed by atoms with Crippen LogP contribution < -0.4 is 5.32 Å². The van der Waals surface area contributed by atoms with Crippen LogP contribution in [0.3, 0.4) is 0 Å². The number of para-hydroxylation sites is 1. The van der Waals surface area contributed by atoms with Crippen LogP contribution in [-0.2, 0) is 9.53 Å². The van der Waals surface area contributed by atoms with Gasteiger partial charge in [-0.05, 0) is 24.6 Å². The number of aryl methyl sites for hydroxylation is 1. The van der Waals surface area contributed by atoms with Gasteiger partial charge < -0.3 is 10.1 Å². The van der Waals surface area contributed by atoms with Crippen LogP contribution in [0.2, 0.25) is 0 Å². The molecule has 0 saturated heterocycles. The van der Waals surface area contributed by atoms with E-state index in [1.165, 1.54) is 7.11 Å². The Morgan fingerprint density at radius 2 is 2.05 bits per heavy atom. The molecule has 0 aliphatic carbocycles. The molecule has 1 aromatic carbocycles. The van der Waals surface area contributed by atoms with Gasteiger partial charge in [0.2, 0.25) is 0 Å². The molecule has 1 aromatic heterocycles. The topological polar surface area (TPSA) is 51.2 Å². The largest absolute Gasteiger partial charge is 0.467 e. The summed E-state index contributed by atoms with van der Waals surface area (Å²) in [6, 6.07) is 10.9. The Hall–Kier alpha value is -2.36. The Morgan fingerprint density at radius 3 is 2.68 bits per heavy atom. The SMILES string of the molecule is COC(=O)C(Nc1ccccc1C)c1cccnc1. The zero-order valence-electron chi connectivity index (χ0n) is 11.0. The number of anilines is 1. The van der Waals surface area contributed by atoms with Crippen LogP contribution in [0.25, 0.3) is 0 Å². The summed E-state index contributed by atoms with van der Waals surface area (Å²) in [7, 11) is 1.38. The van der Waals surface area contributed by atoms with Crippen LogP contribution in [0, 0.1) is 6.92 Å². The molecule has 1 N–H and O–H groups in total. The molecule has 2 aromatic rings. The van der Waals surface area contributed by atoms with Crippen molar-refractivity contribution in [3.63, 3.8) is 0 Å². The summed E-state index contributed by atoms with van der Waals surface area (Å²) in [5.41, 5.74) is 2.75. The quantitative estimate of drug-likeness (QED) is 0.854.